The number of quaternary nitrogens is 1. The molecule has 0 saturated heterocycles. The molecule has 0 saturated carbocycles. The smallest absolute Gasteiger partial charge is 0.310 e. The molecule has 2 atom stereocenters. The van der Waals surface area contributed by atoms with Crippen LogP contribution in [0.25, 0.3) is 0 Å². The van der Waals surface area contributed by atoms with E-state index in [1.54, 1.807) is 6.08 Å². The lowest BCUT2D eigenvalue weighted by atomic mass is 10.1. The Morgan fingerprint density at radius 1 is 0.561 bits per heavy atom. The number of esters is 1. The van der Waals surface area contributed by atoms with E-state index in [0.717, 1.165) is 44.9 Å². The summed E-state index contributed by atoms with van der Waals surface area (Å²) in [6.45, 7) is 5.11. The van der Waals surface area contributed by atoms with Gasteiger partial charge in [-0.1, -0.05) is 163 Å². The Morgan fingerprint density at radius 3 is 1.53 bits per heavy atom. The fourth-order valence-corrected chi connectivity index (χ4v) is 6.26. The molecular formula is C48H84NO7P. The summed E-state index contributed by atoms with van der Waals surface area (Å²) in [7, 11) is 1.29. The van der Waals surface area contributed by atoms with Crippen LogP contribution in [-0.4, -0.2) is 70.7 Å². The highest BCUT2D eigenvalue weighted by atomic mass is 31.2. The van der Waals surface area contributed by atoms with Crippen molar-refractivity contribution in [3.05, 3.63) is 85.1 Å². The standard InChI is InChI=1S/C48H84NO7P/c1-6-8-10-12-14-16-18-20-22-23-24-25-26-28-30-32-34-36-38-40-43-53-45-47(46-55-57(51,52)54-44-42-49(3,4)5)56-48(50)41-39-37-35-33-31-29-27-21-19-17-15-13-11-9-7-2/h9,11,14-17,20-22,27,31,33,37,39,47H,6-8,10,12-13,18-19,23-26,28-30,32,34-36,38,40-46H2,1-5H3/b11-9-,16-14-,17-15-,22-20-,27-21-,33-31-,39-37-. The first-order valence-corrected chi connectivity index (χ1v) is 23.8. The lowest BCUT2D eigenvalue weighted by Gasteiger charge is -2.28. The average molecular weight is 818 g/mol. The minimum Gasteiger partial charge on any atom is -0.756 e. The van der Waals surface area contributed by atoms with Gasteiger partial charge in [0, 0.05) is 6.61 Å². The molecule has 0 amide bonds. The Hall–Kier alpha value is -2.32. The molecule has 0 aliphatic rings. The largest absolute Gasteiger partial charge is 0.756 e. The Labute approximate surface area is 350 Å². The number of hydrogen-bond acceptors (Lipinski definition) is 7. The van der Waals surface area contributed by atoms with Gasteiger partial charge in [0.15, 0.2) is 0 Å². The maximum Gasteiger partial charge on any atom is 0.310 e. The molecule has 0 rings (SSSR count). The number of unbranched alkanes of at least 4 members (excludes halogenated alkanes) is 13. The molecule has 0 fully saturated rings. The first kappa shape index (κ1) is 54.7. The summed E-state index contributed by atoms with van der Waals surface area (Å²) < 4.78 is 34.4. The average Bonchev–Trinajstić information content (AvgIpc) is 3.16. The van der Waals surface area contributed by atoms with Gasteiger partial charge in [-0.05, 0) is 70.6 Å². The van der Waals surface area contributed by atoms with Crippen molar-refractivity contribution in [1.29, 1.82) is 0 Å². The van der Waals surface area contributed by atoms with Crippen LogP contribution < -0.4 is 4.89 Å². The summed E-state index contributed by atoms with van der Waals surface area (Å²) in [6, 6.07) is 0. The van der Waals surface area contributed by atoms with E-state index in [2.05, 4.69) is 86.8 Å². The number of nitrogens with zero attached hydrogens (tertiary/aromatic N) is 1. The van der Waals surface area contributed by atoms with Gasteiger partial charge in [0.25, 0.3) is 7.82 Å². The predicted octanol–water partition coefficient (Wildman–Crippen LogP) is 12.6. The van der Waals surface area contributed by atoms with Crippen LogP contribution in [-0.2, 0) is 27.9 Å². The zero-order chi connectivity index (χ0) is 42.0. The molecule has 9 heteroatoms. The molecule has 2 unspecified atom stereocenters. The van der Waals surface area contributed by atoms with E-state index in [4.69, 9.17) is 18.5 Å². The monoisotopic (exact) mass is 818 g/mol. The van der Waals surface area contributed by atoms with E-state index >= 15 is 0 Å². The van der Waals surface area contributed by atoms with E-state index in [0.29, 0.717) is 24.1 Å². The molecule has 0 N–H and O–H groups in total. The first-order chi connectivity index (χ1) is 27.6. The highest BCUT2D eigenvalue weighted by Gasteiger charge is 2.20. The topological polar surface area (TPSA) is 94.1 Å². The highest BCUT2D eigenvalue weighted by molar-refractivity contribution is 7.45. The maximum absolute atomic E-state index is 12.6. The van der Waals surface area contributed by atoms with Gasteiger partial charge in [-0.15, -0.1) is 0 Å². The quantitative estimate of drug-likeness (QED) is 0.0200. The molecule has 0 aromatic heterocycles. The molecule has 8 nitrogen and oxygen atoms in total. The lowest BCUT2D eigenvalue weighted by molar-refractivity contribution is -0.870. The second-order valence-electron chi connectivity index (χ2n) is 15.7. The Kier molecular flexibility index (Phi) is 38.8. The number of likely N-dealkylation sites (N-methyl/N-ethyl adjacent to an activating group) is 1. The van der Waals surface area contributed by atoms with Crippen molar-refractivity contribution in [2.75, 3.05) is 54.1 Å². The fourth-order valence-electron chi connectivity index (χ4n) is 5.53. The van der Waals surface area contributed by atoms with Crippen LogP contribution in [0, 0.1) is 0 Å². The van der Waals surface area contributed by atoms with Crippen molar-refractivity contribution in [3.63, 3.8) is 0 Å². The SMILES string of the molecule is CC/C=C\C/C=C\C/C=C\C/C=C\C/C=C\CC(=O)OC(COCCCCCCCCCCCC/C=C\C/C=C\CCCCC)COP(=O)([O-])OCC[N+](C)(C)C. The number of hydrogen-bond donors (Lipinski definition) is 0. The van der Waals surface area contributed by atoms with E-state index in [-0.39, 0.29) is 26.2 Å². The van der Waals surface area contributed by atoms with Gasteiger partial charge >= 0.3 is 5.97 Å². The number of allylic oxidation sites excluding steroid dienone is 13. The molecule has 0 heterocycles. The van der Waals surface area contributed by atoms with E-state index in [1.165, 1.54) is 83.5 Å². The summed E-state index contributed by atoms with van der Waals surface area (Å²) in [5.41, 5.74) is 0. The molecule has 0 aromatic rings. The van der Waals surface area contributed by atoms with Crippen LogP contribution in [0.15, 0.2) is 85.1 Å². The van der Waals surface area contributed by atoms with Crippen molar-refractivity contribution in [2.24, 2.45) is 0 Å². The molecule has 0 aliphatic heterocycles. The Morgan fingerprint density at radius 2 is 1.02 bits per heavy atom. The maximum atomic E-state index is 12.6. The van der Waals surface area contributed by atoms with Gasteiger partial charge in [0.1, 0.15) is 19.3 Å². The van der Waals surface area contributed by atoms with Gasteiger partial charge in [0.2, 0.25) is 0 Å². The summed E-state index contributed by atoms with van der Waals surface area (Å²) in [6.07, 6.45) is 53.4. The minimum absolute atomic E-state index is 0.00484. The third kappa shape index (κ3) is 44.6. The van der Waals surface area contributed by atoms with Crippen LogP contribution in [0.5, 0.6) is 0 Å². The zero-order valence-corrected chi connectivity index (χ0v) is 37.9. The van der Waals surface area contributed by atoms with Crippen LogP contribution in [0.1, 0.15) is 155 Å². The molecule has 0 spiro atoms. The third-order valence-corrected chi connectivity index (χ3v) is 9.93. The highest BCUT2D eigenvalue weighted by Crippen LogP contribution is 2.38. The number of carbonyl (C=O) groups excluding carboxylic acids is 1. The second-order valence-corrected chi connectivity index (χ2v) is 17.1. The molecule has 328 valence electrons. The summed E-state index contributed by atoms with van der Waals surface area (Å²) in [4.78, 5) is 25.0. The minimum atomic E-state index is -4.56. The molecule has 0 bridgehead atoms. The zero-order valence-electron chi connectivity index (χ0n) is 37.0. The summed E-state index contributed by atoms with van der Waals surface area (Å²) in [5, 5.41) is 0. The van der Waals surface area contributed by atoms with Crippen molar-refractivity contribution in [3.8, 4) is 0 Å². The van der Waals surface area contributed by atoms with Gasteiger partial charge in [0.05, 0.1) is 40.8 Å². The number of phosphoric ester groups is 1. The van der Waals surface area contributed by atoms with Crippen molar-refractivity contribution < 1.29 is 37.3 Å². The van der Waals surface area contributed by atoms with Crippen LogP contribution in [0.4, 0.5) is 0 Å². The van der Waals surface area contributed by atoms with Gasteiger partial charge < -0.3 is 27.9 Å². The van der Waals surface area contributed by atoms with Crippen molar-refractivity contribution >= 4 is 13.8 Å². The van der Waals surface area contributed by atoms with E-state index in [9.17, 15) is 14.3 Å². The third-order valence-electron chi connectivity index (χ3n) is 8.96. The molecule has 0 radical (unpaired) electrons. The second kappa shape index (κ2) is 40.5. The molecule has 0 aromatic carbocycles. The number of phosphoric acid groups is 1. The van der Waals surface area contributed by atoms with Crippen molar-refractivity contribution in [2.45, 2.75) is 161 Å². The number of ether oxygens (including phenoxy) is 2. The Bertz CT molecular complexity index is 1180. The number of carbonyl (C=O) groups is 1. The predicted molar refractivity (Wildman–Crippen MR) is 240 cm³/mol. The van der Waals surface area contributed by atoms with Crippen LogP contribution >= 0.6 is 7.82 Å². The Balaban J connectivity index is 4.33. The fraction of sp³-hybridized carbons (Fsp3) is 0.688. The first-order valence-electron chi connectivity index (χ1n) is 22.3. The van der Waals surface area contributed by atoms with Crippen LogP contribution in [0.3, 0.4) is 0 Å². The summed E-state index contributed by atoms with van der Waals surface area (Å²) >= 11 is 0. The van der Waals surface area contributed by atoms with Crippen molar-refractivity contribution in [1.82, 2.24) is 0 Å². The van der Waals surface area contributed by atoms with Crippen LogP contribution in [0.2, 0.25) is 0 Å². The molecular weight excluding hydrogens is 734 g/mol. The normalized spacial score (nSPS) is 14.6. The molecule has 57 heavy (non-hydrogen) atoms. The number of rotatable bonds is 40. The van der Waals surface area contributed by atoms with E-state index in [1.807, 2.05) is 27.2 Å². The van der Waals surface area contributed by atoms with E-state index < -0.39 is 19.9 Å². The lowest BCUT2D eigenvalue weighted by Crippen LogP contribution is -2.37. The van der Waals surface area contributed by atoms with Gasteiger partial charge in [-0.25, -0.2) is 0 Å². The molecule has 0 aliphatic carbocycles. The summed E-state index contributed by atoms with van der Waals surface area (Å²) in [5.74, 6) is -0.464. The van der Waals surface area contributed by atoms with Gasteiger partial charge in [-0.3, -0.25) is 9.36 Å². The van der Waals surface area contributed by atoms with Gasteiger partial charge in [-0.2, -0.15) is 0 Å².